The number of rotatable bonds is 7. The lowest BCUT2D eigenvalue weighted by molar-refractivity contribution is -0.440. The summed E-state index contributed by atoms with van der Waals surface area (Å²) in [6.07, 6.45) is -11.7. The van der Waals surface area contributed by atoms with Gasteiger partial charge in [0.25, 0.3) is 0 Å². The Hall–Kier alpha value is -0.220. The third-order valence-corrected chi connectivity index (χ3v) is 4.45. The standard InChI is InChI=1S/C10H8F13IO/c1-3(25)4(24)2-5(11,12)6(13,14)7(15,16)8(17,18)9(19,20)10(21,22)23/h3-4,25H,2H2,1H3. The van der Waals surface area contributed by atoms with Gasteiger partial charge in [-0.05, 0) is 6.92 Å². The summed E-state index contributed by atoms with van der Waals surface area (Å²) in [4.78, 5) is 0. The summed E-state index contributed by atoms with van der Waals surface area (Å²) >= 11 is 0.851. The van der Waals surface area contributed by atoms with Gasteiger partial charge in [0.15, 0.2) is 0 Å². The van der Waals surface area contributed by atoms with Crippen LogP contribution in [0.25, 0.3) is 0 Å². The van der Waals surface area contributed by atoms with Crippen LogP contribution in [0.1, 0.15) is 13.3 Å². The van der Waals surface area contributed by atoms with E-state index in [-0.39, 0.29) is 0 Å². The summed E-state index contributed by atoms with van der Waals surface area (Å²) in [7, 11) is 0. The molecule has 1 nitrogen and oxygen atoms in total. The molecule has 0 aliphatic heterocycles. The zero-order chi connectivity index (χ0) is 20.9. The van der Waals surface area contributed by atoms with Crippen LogP contribution in [0.4, 0.5) is 57.1 Å². The quantitative estimate of drug-likeness (QED) is 0.276. The maximum Gasteiger partial charge on any atom is 0.460 e. The second-order valence-electron chi connectivity index (χ2n) is 4.96. The van der Waals surface area contributed by atoms with Crippen molar-refractivity contribution in [2.45, 2.75) is 59.2 Å². The van der Waals surface area contributed by atoms with Gasteiger partial charge >= 0.3 is 35.8 Å². The molecule has 0 saturated heterocycles. The van der Waals surface area contributed by atoms with Crippen molar-refractivity contribution < 1.29 is 62.2 Å². The highest BCUT2D eigenvalue weighted by molar-refractivity contribution is 14.1. The lowest BCUT2D eigenvalue weighted by atomic mass is 9.91. The highest BCUT2D eigenvalue weighted by atomic mass is 127. The summed E-state index contributed by atoms with van der Waals surface area (Å²) in [5.41, 5.74) is 0. The Kier molecular flexibility index (Phi) is 6.68. The average Bonchev–Trinajstić information content (AvgIpc) is 2.35. The first kappa shape index (κ1) is 24.8. The van der Waals surface area contributed by atoms with Crippen molar-refractivity contribution in [3.63, 3.8) is 0 Å². The molecule has 0 aromatic heterocycles. The van der Waals surface area contributed by atoms with E-state index >= 15 is 0 Å². The molecule has 0 fully saturated rings. The Labute approximate surface area is 144 Å². The van der Waals surface area contributed by atoms with Crippen LogP contribution in [-0.4, -0.2) is 50.9 Å². The molecule has 0 radical (unpaired) electrons. The predicted molar refractivity (Wildman–Crippen MR) is 64.9 cm³/mol. The van der Waals surface area contributed by atoms with Crippen molar-refractivity contribution in [3.8, 4) is 0 Å². The molecule has 2 unspecified atom stereocenters. The zero-order valence-electron chi connectivity index (χ0n) is 11.6. The minimum Gasteiger partial charge on any atom is -0.392 e. The topological polar surface area (TPSA) is 20.2 Å². The second kappa shape index (κ2) is 6.74. The van der Waals surface area contributed by atoms with Gasteiger partial charge < -0.3 is 5.11 Å². The van der Waals surface area contributed by atoms with Crippen LogP contribution in [0.2, 0.25) is 0 Å². The van der Waals surface area contributed by atoms with Crippen LogP contribution >= 0.6 is 22.6 Å². The van der Waals surface area contributed by atoms with Gasteiger partial charge in [0.2, 0.25) is 0 Å². The number of halogens is 14. The van der Waals surface area contributed by atoms with Crippen LogP contribution in [0.5, 0.6) is 0 Å². The molecule has 0 aliphatic carbocycles. The third-order valence-electron chi connectivity index (χ3n) is 2.97. The van der Waals surface area contributed by atoms with Crippen molar-refractivity contribution in [1.29, 1.82) is 0 Å². The van der Waals surface area contributed by atoms with E-state index in [4.69, 9.17) is 5.11 Å². The lowest BCUT2D eigenvalue weighted by Crippen LogP contribution is -2.70. The number of hydrogen-bond donors (Lipinski definition) is 1. The Morgan fingerprint density at radius 3 is 1.28 bits per heavy atom. The van der Waals surface area contributed by atoms with E-state index in [0.717, 1.165) is 29.5 Å². The first-order chi connectivity index (χ1) is 10.6. The molecule has 0 spiro atoms. The lowest BCUT2D eigenvalue weighted by Gasteiger charge is -2.40. The van der Waals surface area contributed by atoms with Crippen molar-refractivity contribution >= 4 is 22.6 Å². The molecule has 25 heavy (non-hydrogen) atoms. The molecular weight excluding hydrogens is 510 g/mol. The molecule has 152 valence electrons. The minimum absolute atomic E-state index is 0.732. The van der Waals surface area contributed by atoms with Crippen molar-refractivity contribution in [1.82, 2.24) is 0 Å². The minimum atomic E-state index is -7.89. The highest BCUT2D eigenvalue weighted by Gasteiger charge is 2.90. The fourth-order valence-electron chi connectivity index (χ4n) is 1.35. The number of hydrogen-bond acceptors (Lipinski definition) is 1. The third kappa shape index (κ3) is 3.90. The zero-order valence-corrected chi connectivity index (χ0v) is 13.8. The first-order valence-corrected chi connectivity index (χ1v) is 7.10. The highest BCUT2D eigenvalue weighted by Crippen LogP contribution is 2.60. The van der Waals surface area contributed by atoms with Crippen LogP contribution in [-0.2, 0) is 0 Å². The van der Waals surface area contributed by atoms with Gasteiger partial charge in [-0.25, -0.2) is 0 Å². The maximum absolute atomic E-state index is 13.3. The van der Waals surface area contributed by atoms with Crippen molar-refractivity contribution in [3.05, 3.63) is 0 Å². The van der Waals surface area contributed by atoms with Crippen LogP contribution < -0.4 is 0 Å². The first-order valence-electron chi connectivity index (χ1n) is 5.86. The Morgan fingerprint density at radius 2 is 1.00 bits per heavy atom. The van der Waals surface area contributed by atoms with Crippen LogP contribution in [0.15, 0.2) is 0 Å². The molecule has 0 heterocycles. The molecule has 15 heteroatoms. The Bertz CT molecular complexity index is 470. The molecule has 0 rings (SSSR count). The Morgan fingerprint density at radius 1 is 0.680 bits per heavy atom. The molecule has 0 amide bonds. The van der Waals surface area contributed by atoms with Gasteiger partial charge in [-0.1, -0.05) is 22.6 Å². The molecule has 0 bridgehead atoms. The summed E-state index contributed by atoms with van der Waals surface area (Å²) in [6, 6.07) is 0. The van der Waals surface area contributed by atoms with E-state index in [2.05, 4.69) is 0 Å². The molecule has 0 aromatic rings. The normalized spacial score (nSPS) is 18.2. The second-order valence-corrected chi connectivity index (χ2v) is 6.56. The van der Waals surface area contributed by atoms with Crippen LogP contribution in [0.3, 0.4) is 0 Å². The largest absolute Gasteiger partial charge is 0.460 e. The predicted octanol–water partition coefficient (Wildman–Crippen LogP) is 5.30. The van der Waals surface area contributed by atoms with E-state index in [1.54, 1.807) is 0 Å². The van der Waals surface area contributed by atoms with Gasteiger partial charge in [-0.3, -0.25) is 0 Å². The van der Waals surface area contributed by atoms with Gasteiger partial charge in [-0.2, -0.15) is 57.1 Å². The fraction of sp³-hybridized carbons (Fsp3) is 1.00. The summed E-state index contributed by atoms with van der Waals surface area (Å²) < 4.78 is 164. The SMILES string of the molecule is CC(O)C(I)CC(F)(F)C(F)(F)C(F)(F)C(F)(F)C(F)(F)C(F)(F)F. The Balaban J connectivity index is 6.12. The molecule has 0 saturated carbocycles. The smallest absolute Gasteiger partial charge is 0.392 e. The summed E-state index contributed by atoms with van der Waals surface area (Å²) in [5.74, 6) is -36.8. The number of alkyl halides is 14. The van der Waals surface area contributed by atoms with Gasteiger partial charge in [0.1, 0.15) is 0 Å². The number of aliphatic hydroxyl groups excluding tert-OH is 1. The number of aliphatic hydroxyl groups is 1. The molecule has 0 aliphatic rings. The van der Waals surface area contributed by atoms with E-state index in [1.165, 1.54) is 0 Å². The maximum atomic E-state index is 13.3. The van der Waals surface area contributed by atoms with Crippen molar-refractivity contribution in [2.75, 3.05) is 0 Å². The monoisotopic (exact) mass is 518 g/mol. The summed E-state index contributed by atoms with van der Waals surface area (Å²) in [6.45, 7) is 0.732. The van der Waals surface area contributed by atoms with E-state index in [1.807, 2.05) is 0 Å². The molecular formula is C10H8F13IO. The van der Waals surface area contributed by atoms with Crippen LogP contribution in [0, 0.1) is 0 Å². The fourth-order valence-corrected chi connectivity index (χ4v) is 1.90. The van der Waals surface area contributed by atoms with Gasteiger partial charge in [-0.15, -0.1) is 0 Å². The van der Waals surface area contributed by atoms with E-state index < -0.39 is 52.2 Å². The van der Waals surface area contributed by atoms with Gasteiger partial charge in [0, 0.05) is 10.3 Å². The average molecular weight is 518 g/mol. The van der Waals surface area contributed by atoms with Gasteiger partial charge in [0.05, 0.1) is 6.10 Å². The molecule has 2 atom stereocenters. The van der Waals surface area contributed by atoms with Crippen molar-refractivity contribution in [2.24, 2.45) is 0 Å². The van der Waals surface area contributed by atoms with E-state index in [9.17, 15) is 57.1 Å². The summed E-state index contributed by atoms with van der Waals surface area (Å²) in [5, 5.41) is 8.86. The molecule has 1 N–H and O–H groups in total. The molecule has 0 aromatic carbocycles. The van der Waals surface area contributed by atoms with E-state index in [0.29, 0.717) is 0 Å².